The van der Waals surface area contributed by atoms with Crippen LogP contribution in [0.5, 0.6) is 5.75 Å². The zero-order chi connectivity index (χ0) is 30.4. The molecule has 0 saturated carbocycles. The SMILES string of the molecule is Cc1ccc(C(C)C)c(NC(=S)N/N=C/c2ccc(-n3cc(NC(=O)c4ccc(OC(F)(F)F)cc4)c(C)n3)cc2)c1. The molecule has 0 unspecified atom stereocenters. The van der Waals surface area contributed by atoms with Gasteiger partial charge in [-0.15, -0.1) is 13.2 Å². The van der Waals surface area contributed by atoms with Crippen molar-refractivity contribution in [2.75, 3.05) is 10.6 Å². The van der Waals surface area contributed by atoms with Crippen LogP contribution in [0.2, 0.25) is 0 Å². The van der Waals surface area contributed by atoms with E-state index in [1.807, 2.05) is 37.3 Å². The lowest BCUT2D eigenvalue weighted by atomic mass is 9.99. The van der Waals surface area contributed by atoms with Gasteiger partial charge in [0, 0.05) is 11.3 Å². The molecule has 12 heteroatoms. The van der Waals surface area contributed by atoms with Crippen LogP contribution in [-0.2, 0) is 0 Å². The number of hydrogen-bond donors (Lipinski definition) is 3. The third kappa shape index (κ3) is 8.16. The summed E-state index contributed by atoms with van der Waals surface area (Å²) in [5.41, 5.74) is 8.83. The molecule has 1 heterocycles. The highest BCUT2D eigenvalue weighted by molar-refractivity contribution is 7.80. The molecule has 0 spiro atoms. The molecule has 218 valence electrons. The van der Waals surface area contributed by atoms with E-state index >= 15 is 0 Å². The molecule has 0 aliphatic rings. The lowest BCUT2D eigenvalue weighted by Gasteiger charge is -2.15. The average molecular weight is 595 g/mol. The van der Waals surface area contributed by atoms with Crippen molar-refractivity contribution < 1.29 is 22.7 Å². The number of amides is 1. The molecule has 0 saturated heterocycles. The fraction of sp³-hybridized carbons (Fsp3) is 0.200. The Labute approximate surface area is 246 Å². The minimum absolute atomic E-state index is 0.169. The zero-order valence-electron chi connectivity index (χ0n) is 23.3. The topological polar surface area (TPSA) is 92.6 Å². The van der Waals surface area contributed by atoms with Gasteiger partial charge < -0.3 is 15.4 Å². The van der Waals surface area contributed by atoms with E-state index in [4.69, 9.17) is 12.2 Å². The highest BCUT2D eigenvalue weighted by Gasteiger charge is 2.31. The van der Waals surface area contributed by atoms with Crippen molar-refractivity contribution in [3.8, 4) is 11.4 Å². The number of carbonyl (C=O) groups excluding carboxylic acids is 1. The van der Waals surface area contributed by atoms with Crippen LogP contribution in [0.1, 0.15) is 52.5 Å². The number of nitrogens with one attached hydrogen (secondary N) is 3. The molecule has 42 heavy (non-hydrogen) atoms. The van der Waals surface area contributed by atoms with Gasteiger partial charge in [0.1, 0.15) is 5.75 Å². The van der Waals surface area contributed by atoms with Crippen LogP contribution in [0.4, 0.5) is 24.5 Å². The van der Waals surface area contributed by atoms with Gasteiger partial charge >= 0.3 is 6.36 Å². The molecule has 1 aromatic heterocycles. The standard InChI is InChI=1S/C30H29F3N6O2S/c1-18(2)25-14-5-19(3)15-26(25)36-29(42)37-34-16-21-6-10-23(11-7-21)39-17-27(20(4)38-39)35-28(40)22-8-12-24(13-9-22)41-30(31,32)33/h5-18H,1-4H3,(H,35,40)(H2,36,37,42)/b34-16+. The lowest BCUT2D eigenvalue weighted by Crippen LogP contribution is -2.24. The Kier molecular flexibility index (Phi) is 9.26. The quantitative estimate of drug-likeness (QED) is 0.115. The smallest absolute Gasteiger partial charge is 0.406 e. The Hall–Kier alpha value is -4.71. The predicted molar refractivity (Wildman–Crippen MR) is 162 cm³/mol. The van der Waals surface area contributed by atoms with Crippen LogP contribution in [-0.4, -0.2) is 33.4 Å². The van der Waals surface area contributed by atoms with Crippen molar-refractivity contribution in [2.45, 2.75) is 40.0 Å². The van der Waals surface area contributed by atoms with Gasteiger partial charge in [0.25, 0.3) is 5.91 Å². The maximum atomic E-state index is 12.6. The second-order valence-electron chi connectivity index (χ2n) is 9.76. The zero-order valence-corrected chi connectivity index (χ0v) is 24.1. The van der Waals surface area contributed by atoms with Crippen molar-refractivity contribution in [2.24, 2.45) is 5.10 Å². The number of ether oxygens (including phenoxy) is 1. The van der Waals surface area contributed by atoms with Gasteiger partial charge in [0.05, 0.1) is 29.5 Å². The molecule has 4 rings (SSSR count). The number of halogens is 3. The number of hydrogen-bond acceptors (Lipinski definition) is 5. The molecule has 0 aliphatic heterocycles. The molecule has 0 radical (unpaired) electrons. The summed E-state index contributed by atoms with van der Waals surface area (Å²) < 4.78 is 42.5. The van der Waals surface area contributed by atoms with Crippen molar-refractivity contribution in [3.05, 3.63) is 101 Å². The summed E-state index contributed by atoms with van der Waals surface area (Å²) in [7, 11) is 0. The van der Waals surface area contributed by atoms with E-state index in [2.05, 4.69) is 57.0 Å². The number of nitrogens with zero attached hydrogens (tertiary/aromatic N) is 3. The Morgan fingerprint density at radius 2 is 1.69 bits per heavy atom. The lowest BCUT2D eigenvalue weighted by molar-refractivity contribution is -0.274. The average Bonchev–Trinajstić information content (AvgIpc) is 3.28. The molecule has 3 aromatic carbocycles. The molecule has 8 nitrogen and oxygen atoms in total. The maximum Gasteiger partial charge on any atom is 0.573 e. The molecule has 4 aromatic rings. The third-order valence-electron chi connectivity index (χ3n) is 6.11. The first-order valence-corrected chi connectivity index (χ1v) is 13.3. The summed E-state index contributed by atoms with van der Waals surface area (Å²) >= 11 is 5.40. The van der Waals surface area contributed by atoms with Gasteiger partial charge in [-0.3, -0.25) is 10.2 Å². The van der Waals surface area contributed by atoms with E-state index in [-0.39, 0.29) is 5.56 Å². The predicted octanol–water partition coefficient (Wildman–Crippen LogP) is 7.08. The Balaban J connectivity index is 1.35. The summed E-state index contributed by atoms with van der Waals surface area (Å²) in [4.78, 5) is 12.6. The van der Waals surface area contributed by atoms with Crippen LogP contribution in [0.25, 0.3) is 5.69 Å². The van der Waals surface area contributed by atoms with E-state index in [0.717, 1.165) is 40.2 Å². The van der Waals surface area contributed by atoms with Gasteiger partial charge in [0.2, 0.25) is 0 Å². The first-order valence-electron chi connectivity index (χ1n) is 12.9. The number of carbonyl (C=O) groups is 1. The molecule has 3 N–H and O–H groups in total. The van der Waals surface area contributed by atoms with Crippen LogP contribution in [0, 0.1) is 13.8 Å². The number of alkyl halides is 3. The van der Waals surface area contributed by atoms with Gasteiger partial charge in [-0.1, -0.05) is 38.1 Å². The van der Waals surface area contributed by atoms with E-state index < -0.39 is 18.0 Å². The van der Waals surface area contributed by atoms with E-state index in [9.17, 15) is 18.0 Å². The van der Waals surface area contributed by atoms with E-state index in [0.29, 0.717) is 22.4 Å². The number of hydrazone groups is 1. The van der Waals surface area contributed by atoms with Gasteiger partial charge in [0.15, 0.2) is 5.11 Å². The van der Waals surface area contributed by atoms with Crippen molar-refractivity contribution in [1.82, 2.24) is 15.2 Å². The first-order chi connectivity index (χ1) is 19.9. The summed E-state index contributed by atoms with van der Waals surface area (Å²) in [6.07, 6.45) is -1.51. The van der Waals surface area contributed by atoms with Crippen molar-refractivity contribution in [1.29, 1.82) is 0 Å². The largest absolute Gasteiger partial charge is 0.573 e. The minimum atomic E-state index is -4.80. The third-order valence-corrected chi connectivity index (χ3v) is 6.31. The highest BCUT2D eigenvalue weighted by atomic mass is 32.1. The molecule has 0 fully saturated rings. The monoisotopic (exact) mass is 594 g/mol. The number of thiocarbonyl (C=S) groups is 1. The summed E-state index contributed by atoms with van der Waals surface area (Å²) in [5.74, 6) is -0.564. The molecule has 0 aliphatic carbocycles. The fourth-order valence-electron chi connectivity index (χ4n) is 4.03. The van der Waals surface area contributed by atoms with Crippen LogP contribution >= 0.6 is 12.2 Å². The van der Waals surface area contributed by atoms with Gasteiger partial charge in [-0.05, 0) is 91.1 Å². The number of rotatable bonds is 8. The maximum absolute atomic E-state index is 12.6. The van der Waals surface area contributed by atoms with Gasteiger partial charge in [-0.2, -0.15) is 10.2 Å². The molecular formula is C30H29F3N6O2S. The van der Waals surface area contributed by atoms with Crippen LogP contribution < -0.4 is 20.8 Å². The van der Waals surface area contributed by atoms with Crippen molar-refractivity contribution >= 4 is 40.8 Å². The van der Waals surface area contributed by atoms with E-state index in [1.54, 1.807) is 24.0 Å². The van der Waals surface area contributed by atoms with Crippen molar-refractivity contribution in [3.63, 3.8) is 0 Å². The molecule has 0 atom stereocenters. The summed E-state index contributed by atoms with van der Waals surface area (Å²) in [6, 6.07) is 18.3. The van der Waals surface area contributed by atoms with Gasteiger partial charge in [-0.25, -0.2) is 4.68 Å². The van der Waals surface area contributed by atoms with Crippen LogP contribution in [0.3, 0.4) is 0 Å². The summed E-state index contributed by atoms with van der Waals surface area (Å²) in [6.45, 7) is 8.01. The Bertz CT molecular complexity index is 1600. The normalized spacial score (nSPS) is 11.5. The van der Waals surface area contributed by atoms with Crippen LogP contribution in [0.15, 0.2) is 78.0 Å². The molecule has 0 bridgehead atoms. The Morgan fingerprint density at radius 1 is 1.00 bits per heavy atom. The fourth-order valence-corrected chi connectivity index (χ4v) is 4.19. The molecular weight excluding hydrogens is 565 g/mol. The number of anilines is 2. The second kappa shape index (κ2) is 12.9. The first kappa shape index (κ1) is 30.3. The highest BCUT2D eigenvalue weighted by Crippen LogP contribution is 2.26. The summed E-state index contributed by atoms with van der Waals surface area (Å²) in [5, 5.41) is 15.0. The second-order valence-corrected chi connectivity index (χ2v) is 10.2. The Morgan fingerprint density at radius 3 is 2.33 bits per heavy atom. The number of benzene rings is 3. The molecule has 1 amide bonds. The van der Waals surface area contributed by atoms with E-state index in [1.165, 1.54) is 12.1 Å². The minimum Gasteiger partial charge on any atom is -0.406 e. The number of aryl methyl sites for hydroxylation is 2. The number of aromatic nitrogens is 2.